The van der Waals surface area contributed by atoms with Gasteiger partial charge in [-0.2, -0.15) is 0 Å². The van der Waals surface area contributed by atoms with E-state index in [1.54, 1.807) is 34.6 Å². The zero-order valence-corrected chi connectivity index (χ0v) is 12.4. The van der Waals surface area contributed by atoms with Crippen LogP contribution in [0.25, 0.3) is 0 Å². The van der Waals surface area contributed by atoms with Crippen molar-refractivity contribution in [1.29, 1.82) is 0 Å². The van der Waals surface area contributed by atoms with Gasteiger partial charge in [-0.3, -0.25) is 4.90 Å². The van der Waals surface area contributed by atoms with Crippen molar-refractivity contribution in [1.82, 2.24) is 4.90 Å². The highest BCUT2D eigenvalue weighted by Gasteiger charge is 2.54. The Morgan fingerprint density at radius 3 is 2.26 bits per heavy atom. The number of β-amino-alcohol motifs (C(OH)–C–C–N with tert-alkyl or cyclic N) is 1. The minimum Gasteiger partial charge on any atom is -0.467 e. The minimum atomic E-state index is -0.845. The predicted molar refractivity (Wildman–Crippen MR) is 68.5 cm³/mol. The Labute approximate surface area is 113 Å². The number of aliphatic hydroxyl groups is 1. The molecule has 1 aliphatic rings. The highest BCUT2D eigenvalue weighted by molar-refractivity contribution is 5.83. The number of esters is 1. The fraction of sp³-hybridized carbons (Fsp3) is 0.846. The largest absolute Gasteiger partial charge is 0.467 e. The lowest BCUT2D eigenvalue weighted by Crippen LogP contribution is -2.48. The monoisotopic (exact) mass is 273 g/mol. The number of hydrogen-bond donors (Lipinski definition) is 1. The maximum Gasteiger partial charge on any atom is 0.411 e. The molecule has 1 heterocycles. The molecule has 0 aromatic heterocycles. The number of carbonyl (C=O) groups excluding carboxylic acids is 2. The summed E-state index contributed by atoms with van der Waals surface area (Å²) >= 11 is 0. The second-order valence-electron chi connectivity index (χ2n) is 6.40. The van der Waals surface area contributed by atoms with E-state index in [0.29, 0.717) is 0 Å². The molecule has 0 radical (unpaired) electrons. The SMILES string of the molecule is COC(=O)[C@H]1N(C(=O)OC(C)(C)C)C[C@H](O)C1(C)C. The molecule has 1 amide bonds. The van der Waals surface area contributed by atoms with E-state index in [4.69, 9.17) is 9.47 Å². The van der Waals surface area contributed by atoms with Crippen LogP contribution in [0.1, 0.15) is 34.6 Å². The van der Waals surface area contributed by atoms with Gasteiger partial charge in [0.1, 0.15) is 11.6 Å². The Morgan fingerprint density at radius 2 is 1.84 bits per heavy atom. The number of aliphatic hydroxyl groups excluding tert-OH is 1. The number of carbonyl (C=O) groups is 2. The first-order valence-electron chi connectivity index (χ1n) is 6.26. The first-order chi connectivity index (χ1) is 8.50. The number of likely N-dealkylation sites (tertiary alicyclic amines) is 1. The van der Waals surface area contributed by atoms with Gasteiger partial charge in [0.25, 0.3) is 0 Å². The highest BCUT2D eigenvalue weighted by Crippen LogP contribution is 2.37. The van der Waals surface area contributed by atoms with E-state index in [9.17, 15) is 14.7 Å². The average Bonchev–Trinajstić information content (AvgIpc) is 2.47. The molecule has 1 N–H and O–H groups in total. The van der Waals surface area contributed by atoms with Crippen LogP contribution in [0.2, 0.25) is 0 Å². The molecule has 0 saturated carbocycles. The summed E-state index contributed by atoms with van der Waals surface area (Å²) in [5.41, 5.74) is -1.43. The van der Waals surface area contributed by atoms with E-state index in [1.807, 2.05) is 0 Å². The summed E-state index contributed by atoms with van der Waals surface area (Å²) in [5, 5.41) is 10.0. The van der Waals surface area contributed by atoms with E-state index >= 15 is 0 Å². The smallest absolute Gasteiger partial charge is 0.411 e. The van der Waals surface area contributed by atoms with Crippen LogP contribution in [0.15, 0.2) is 0 Å². The molecule has 1 rings (SSSR count). The molecule has 0 aromatic carbocycles. The lowest BCUT2D eigenvalue weighted by Gasteiger charge is -2.31. The van der Waals surface area contributed by atoms with E-state index in [2.05, 4.69) is 0 Å². The summed E-state index contributed by atoms with van der Waals surface area (Å²) in [6.07, 6.45) is -1.42. The van der Waals surface area contributed by atoms with Crippen molar-refractivity contribution in [3.8, 4) is 0 Å². The summed E-state index contributed by atoms with van der Waals surface area (Å²) < 4.78 is 9.99. The van der Waals surface area contributed by atoms with Gasteiger partial charge in [-0.25, -0.2) is 9.59 Å². The lowest BCUT2D eigenvalue weighted by atomic mass is 9.82. The molecule has 6 heteroatoms. The molecule has 0 aromatic rings. The summed E-state index contributed by atoms with van der Waals surface area (Å²) in [4.78, 5) is 25.2. The van der Waals surface area contributed by atoms with Crippen molar-refractivity contribution in [2.24, 2.45) is 5.41 Å². The standard InChI is InChI=1S/C13H23NO5/c1-12(2,3)19-11(17)14-7-8(15)13(4,5)9(14)10(16)18-6/h8-9,15H,7H2,1-6H3/t8-,9+/m0/s1. The number of ether oxygens (including phenoxy) is 2. The van der Waals surface area contributed by atoms with Crippen LogP contribution in [0.5, 0.6) is 0 Å². The second-order valence-corrected chi connectivity index (χ2v) is 6.40. The normalized spacial score (nSPS) is 26.2. The second kappa shape index (κ2) is 5.00. The van der Waals surface area contributed by atoms with E-state index in [1.165, 1.54) is 12.0 Å². The molecule has 0 aliphatic carbocycles. The van der Waals surface area contributed by atoms with Crippen molar-refractivity contribution in [3.63, 3.8) is 0 Å². The number of amides is 1. The minimum absolute atomic E-state index is 0.0572. The number of hydrogen-bond acceptors (Lipinski definition) is 5. The van der Waals surface area contributed by atoms with Crippen molar-refractivity contribution >= 4 is 12.1 Å². The van der Waals surface area contributed by atoms with Gasteiger partial charge in [0.2, 0.25) is 0 Å². The van der Waals surface area contributed by atoms with Gasteiger partial charge in [-0.05, 0) is 20.8 Å². The molecule has 0 spiro atoms. The van der Waals surface area contributed by atoms with Crippen molar-refractivity contribution < 1.29 is 24.2 Å². The molecule has 1 aliphatic heterocycles. The molecule has 6 nitrogen and oxygen atoms in total. The van der Waals surface area contributed by atoms with Crippen LogP contribution in [0, 0.1) is 5.41 Å². The van der Waals surface area contributed by atoms with Crippen LogP contribution in [0.4, 0.5) is 4.79 Å². The zero-order valence-electron chi connectivity index (χ0n) is 12.4. The Hall–Kier alpha value is -1.30. The Bertz CT molecular complexity index is 372. The van der Waals surface area contributed by atoms with Gasteiger partial charge < -0.3 is 14.6 Å². The Balaban J connectivity index is 2.99. The van der Waals surface area contributed by atoms with Crippen LogP contribution >= 0.6 is 0 Å². The maximum absolute atomic E-state index is 12.1. The van der Waals surface area contributed by atoms with Crippen molar-refractivity contribution in [2.75, 3.05) is 13.7 Å². The number of rotatable bonds is 1. The van der Waals surface area contributed by atoms with Crippen LogP contribution < -0.4 is 0 Å². The summed E-state index contributed by atoms with van der Waals surface area (Å²) in [5.74, 6) is -0.549. The van der Waals surface area contributed by atoms with Gasteiger partial charge in [-0.15, -0.1) is 0 Å². The first kappa shape index (κ1) is 15.8. The van der Waals surface area contributed by atoms with Gasteiger partial charge in [0.05, 0.1) is 19.8 Å². The third kappa shape index (κ3) is 3.18. The number of nitrogens with zero attached hydrogens (tertiary/aromatic N) is 1. The summed E-state index contributed by atoms with van der Waals surface area (Å²) in [6, 6.07) is -0.845. The Morgan fingerprint density at radius 1 is 1.32 bits per heavy atom. The molecule has 0 unspecified atom stereocenters. The predicted octanol–water partition coefficient (Wildman–Crippen LogP) is 1.17. The fourth-order valence-electron chi connectivity index (χ4n) is 2.15. The quantitative estimate of drug-likeness (QED) is 0.726. The van der Waals surface area contributed by atoms with E-state index in [0.717, 1.165) is 0 Å². The van der Waals surface area contributed by atoms with E-state index in [-0.39, 0.29) is 6.54 Å². The van der Waals surface area contributed by atoms with E-state index < -0.39 is 35.2 Å². The van der Waals surface area contributed by atoms with Gasteiger partial charge in [0.15, 0.2) is 0 Å². The van der Waals surface area contributed by atoms with Crippen molar-refractivity contribution in [3.05, 3.63) is 0 Å². The summed E-state index contributed by atoms with van der Waals surface area (Å²) in [7, 11) is 1.26. The molecule has 110 valence electrons. The van der Waals surface area contributed by atoms with Crippen LogP contribution in [-0.2, 0) is 14.3 Å². The van der Waals surface area contributed by atoms with Crippen molar-refractivity contribution in [2.45, 2.75) is 52.4 Å². The molecule has 0 bridgehead atoms. The molecular formula is C13H23NO5. The van der Waals surface area contributed by atoms with Crippen LogP contribution in [-0.4, -0.2) is 53.5 Å². The summed E-state index contributed by atoms with van der Waals surface area (Å²) in [6.45, 7) is 8.75. The number of methoxy groups -OCH3 is 1. The molecule has 1 fully saturated rings. The zero-order chi connectivity index (χ0) is 15.0. The highest BCUT2D eigenvalue weighted by atomic mass is 16.6. The van der Waals surface area contributed by atoms with Gasteiger partial charge in [-0.1, -0.05) is 13.8 Å². The lowest BCUT2D eigenvalue weighted by molar-refractivity contribution is -0.149. The third-order valence-corrected chi connectivity index (χ3v) is 3.30. The molecule has 1 saturated heterocycles. The van der Waals surface area contributed by atoms with Gasteiger partial charge >= 0.3 is 12.1 Å². The first-order valence-corrected chi connectivity index (χ1v) is 6.26. The molecule has 2 atom stereocenters. The fourth-order valence-corrected chi connectivity index (χ4v) is 2.15. The third-order valence-electron chi connectivity index (χ3n) is 3.30. The average molecular weight is 273 g/mol. The Kier molecular flexibility index (Phi) is 4.14. The molecule has 19 heavy (non-hydrogen) atoms. The molecular weight excluding hydrogens is 250 g/mol. The van der Waals surface area contributed by atoms with Gasteiger partial charge in [0, 0.05) is 5.41 Å². The maximum atomic E-state index is 12.1. The topological polar surface area (TPSA) is 76.1 Å². The van der Waals surface area contributed by atoms with Crippen LogP contribution in [0.3, 0.4) is 0 Å².